The number of hydrogen-bond acceptors (Lipinski definition) is 7. The van der Waals surface area contributed by atoms with E-state index in [1.54, 1.807) is 37.4 Å². The largest absolute Gasteiger partial charge is 0.456 e. The predicted octanol–water partition coefficient (Wildman–Crippen LogP) is 6.05. The maximum absolute atomic E-state index is 13.9. The lowest BCUT2D eigenvalue weighted by Crippen LogP contribution is -2.67. The molecule has 3 amide bonds. The van der Waals surface area contributed by atoms with E-state index in [1.807, 2.05) is 72.8 Å². The molecule has 51 heavy (non-hydrogen) atoms. The van der Waals surface area contributed by atoms with E-state index >= 15 is 0 Å². The number of carbonyl (C=O) groups excluding carboxylic acids is 3. The van der Waals surface area contributed by atoms with Crippen molar-refractivity contribution < 1.29 is 37.5 Å². The summed E-state index contributed by atoms with van der Waals surface area (Å²) in [4.78, 5) is 40.0. The minimum absolute atomic E-state index is 0.0879. The van der Waals surface area contributed by atoms with E-state index in [4.69, 9.17) is 18.6 Å². The molecule has 6 rings (SSSR count). The van der Waals surface area contributed by atoms with E-state index in [0.29, 0.717) is 11.1 Å². The molecule has 0 spiro atoms. The zero-order valence-corrected chi connectivity index (χ0v) is 30.5. The van der Waals surface area contributed by atoms with Crippen molar-refractivity contribution in [2.75, 3.05) is 13.3 Å². The van der Waals surface area contributed by atoms with Gasteiger partial charge >= 0.3 is 12.0 Å². The van der Waals surface area contributed by atoms with Gasteiger partial charge in [-0.05, 0) is 40.0 Å². The van der Waals surface area contributed by atoms with Crippen LogP contribution in [0, 0.1) is 0 Å². The molecule has 0 saturated carbocycles. The normalized spacial score (nSPS) is 22.3. The van der Waals surface area contributed by atoms with Crippen LogP contribution in [0.3, 0.4) is 0 Å². The standard InChI is InChI=1S/C41H44N2O7Si/c1-30-26-43(40(46)42-38(30)44,29-47-27-31-17-9-5-10-18-31)37-25-35(50-39(45)32-19-11-6-12-20-32)36(49-37)28-48-51(41(2,3)4,33-21-13-7-14-22-33)34-23-15-8-16-24-34/h5-24,26,35-37H,25,27-29H2,1-4H3/p+1/t35-,36+,37+,43?/m0/s1. The van der Waals surface area contributed by atoms with Crippen molar-refractivity contribution in [1.29, 1.82) is 0 Å². The van der Waals surface area contributed by atoms with E-state index in [0.717, 1.165) is 15.9 Å². The summed E-state index contributed by atoms with van der Waals surface area (Å²) in [5, 5.41) is 4.38. The monoisotopic (exact) mass is 705 g/mol. The smallest absolute Gasteiger partial charge is 0.432 e. The Morgan fingerprint density at radius 2 is 1.39 bits per heavy atom. The van der Waals surface area contributed by atoms with Crippen molar-refractivity contribution in [2.45, 2.75) is 64.2 Å². The summed E-state index contributed by atoms with van der Waals surface area (Å²) in [5.74, 6) is -0.981. The second-order valence-corrected chi connectivity index (χ2v) is 18.4. The number of amides is 3. The second kappa shape index (κ2) is 15.3. The fourth-order valence-electron chi connectivity index (χ4n) is 7.06. The van der Waals surface area contributed by atoms with Crippen LogP contribution in [0.4, 0.5) is 4.79 Å². The second-order valence-electron chi connectivity index (χ2n) is 14.1. The number of benzene rings is 4. The lowest BCUT2D eigenvalue weighted by Gasteiger charge is -2.43. The van der Waals surface area contributed by atoms with Crippen molar-refractivity contribution in [3.63, 3.8) is 0 Å². The van der Waals surface area contributed by atoms with E-state index in [2.05, 4.69) is 50.4 Å². The summed E-state index contributed by atoms with van der Waals surface area (Å²) in [6, 6.07) is 38.4. The van der Waals surface area contributed by atoms with Crippen LogP contribution in [0.15, 0.2) is 133 Å². The number of carbonyl (C=O) groups is 3. The average Bonchev–Trinajstić information content (AvgIpc) is 3.54. The summed E-state index contributed by atoms with van der Waals surface area (Å²) in [6.45, 7) is 8.44. The number of nitrogens with zero attached hydrogens (tertiary/aromatic N) is 1. The summed E-state index contributed by atoms with van der Waals surface area (Å²) >= 11 is 0. The van der Waals surface area contributed by atoms with Crippen LogP contribution in [0.2, 0.25) is 5.04 Å². The maximum Gasteiger partial charge on any atom is 0.432 e. The van der Waals surface area contributed by atoms with Gasteiger partial charge in [0.1, 0.15) is 18.4 Å². The molecule has 1 fully saturated rings. The van der Waals surface area contributed by atoms with Crippen LogP contribution in [0.25, 0.3) is 0 Å². The third kappa shape index (κ3) is 7.51. The summed E-state index contributed by atoms with van der Waals surface area (Å²) in [7, 11) is -3.01. The minimum Gasteiger partial charge on any atom is -0.456 e. The number of quaternary nitrogens is 1. The quantitative estimate of drug-likeness (QED) is 0.109. The molecule has 1 saturated heterocycles. The molecule has 9 nitrogen and oxygen atoms in total. The lowest BCUT2D eigenvalue weighted by atomic mass is 10.1. The minimum atomic E-state index is -3.01. The first kappa shape index (κ1) is 36.1. The Morgan fingerprint density at radius 1 is 0.843 bits per heavy atom. The van der Waals surface area contributed by atoms with Gasteiger partial charge in [0.25, 0.3) is 14.2 Å². The molecule has 1 unspecified atom stereocenters. The Balaban J connectivity index is 1.36. The molecular weight excluding hydrogens is 661 g/mol. The van der Waals surface area contributed by atoms with Crippen molar-refractivity contribution in [2.24, 2.45) is 0 Å². The molecule has 1 N–H and O–H groups in total. The molecule has 2 aliphatic rings. The van der Waals surface area contributed by atoms with E-state index in [-0.39, 0.29) is 31.4 Å². The summed E-state index contributed by atoms with van der Waals surface area (Å²) in [6.07, 6.45) is -0.618. The van der Waals surface area contributed by atoms with Gasteiger partial charge in [0.15, 0.2) is 6.73 Å². The van der Waals surface area contributed by atoms with Gasteiger partial charge in [-0.1, -0.05) is 130 Å². The van der Waals surface area contributed by atoms with E-state index in [1.165, 1.54) is 0 Å². The Labute approximate surface area is 300 Å². The van der Waals surface area contributed by atoms with Gasteiger partial charge in [-0.25, -0.2) is 14.9 Å². The van der Waals surface area contributed by atoms with Gasteiger partial charge in [0.2, 0.25) is 6.23 Å². The highest BCUT2D eigenvalue weighted by molar-refractivity contribution is 6.99. The molecule has 264 valence electrons. The molecule has 4 aromatic carbocycles. The molecule has 2 aliphatic heterocycles. The highest BCUT2D eigenvalue weighted by Gasteiger charge is 2.57. The maximum atomic E-state index is 13.9. The van der Waals surface area contributed by atoms with Crippen LogP contribution < -0.4 is 15.7 Å². The number of rotatable bonds is 12. The third-order valence-corrected chi connectivity index (χ3v) is 14.6. The summed E-state index contributed by atoms with van der Waals surface area (Å²) < 4.78 is 25.9. The number of hydrogen-bond donors (Lipinski definition) is 1. The van der Waals surface area contributed by atoms with E-state index in [9.17, 15) is 14.4 Å². The van der Waals surface area contributed by atoms with E-state index < -0.39 is 49.1 Å². The zero-order valence-electron chi connectivity index (χ0n) is 29.5. The Hall–Kier alpha value is -4.71. The molecule has 0 bridgehead atoms. The third-order valence-electron chi connectivity index (χ3n) is 9.64. The fraction of sp³-hybridized carbons (Fsp3) is 0.293. The first-order valence-electron chi connectivity index (χ1n) is 17.2. The van der Waals surface area contributed by atoms with Gasteiger partial charge in [0.05, 0.1) is 30.8 Å². The molecule has 0 radical (unpaired) electrons. The molecule has 0 aromatic heterocycles. The van der Waals surface area contributed by atoms with Crippen molar-refractivity contribution in [3.05, 3.63) is 144 Å². The highest BCUT2D eigenvalue weighted by Crippen LogP contribution is 2.39. The van der Waals surface area contributed by atoms with Crippen LogP contribution in [-0.2, 0) is 30.0 Å². The molecule has 0 aliphatic carbocycles. The average molecular weight is 706 g/mol. The number of urea groups is 1. The van der Waals surface area contributed by atoms with Crippen molar-refractivity contribution in [3.8, 4) is 0 Å². The van der Waals surface area contributed by atoms with Gasteiger partial charge < -0.3 is 18.6 Å². The molecule has 4 atom stereocenters. The molecular formula is C41H45N2O7Si+. The number of imide groups is 1. The summed E-state index contributed by atoms with van der Waals surface area (Å²) in [5.41, 5.74) is 1.69. The SMILES string of the molecule is CC1=C[N+](COCc2ccccc2)([C@H]2C[C@H](OC(=O)c3ccccc3)[C@@H](CO[Si](c3ccccc3)(c3ccccc3)C(C)(C)C)O2)C(=O)NC1=O. The van der Waals surface area contributed by atoms with Gasteiger partial charge in [-0.2, -0.15) is 4.48 Å². The predicted molar refractivity (Wildman–Crippen MR) is 196 cm³/mol. The number of esters is 1. The van der Waals surface area contributed by atoms with Gasteiger partial charge in [0, 0.05) is 0 Å². The lowest BCUT2D eigenvalue weighted by molar-refractivity contribution is -0.872. The first-order chi connectivity index (χ1) is 24.5. The molecule has 10 heteroatoms. The van der Waals surface area contributed by atoms with Crippen molar-refractivity contribution >= 4 is 36.6 Å². The molecule has 4 aromatic rings. The van der Waals surface area contributed by atoms with Crippen LogP contribution in [-0.4, -0.2) is 62.5 Å². The number of ether oxygens (including phenoxy) is 3. The Bertz CT molecular complexity index is 1810. The highest BCUT2D eigenvalue weighted by atomic mass is 28.4. The number of nitrogens with one attached hydrogen (secondary N) is 1. The van der Waals surface area contributed by atoms with Gasteiger partial charge in [-0.15, -0.1) is 0 Å². The van der Waals surface area contributed by atoms with Crippen LogP contribution >= 0.6 is 0 Å². The van der Waals surface area contributed by atoms with Gasteiger partial charge in [-0.3, -0.25) is 4.79 Å². The first-order valence-corrected chi connectivity index (χ1v) is 19.2. The topological polar surface area (TPSA) is 100 Å². The Morgan fingerprint density at radius 3 is 1.96 bits per heavy atom. The zero-order chi connectivity index (χ0) is 36.1. The molecule has 2 heterocycles. The Kier molecular flexibility index (Phi) is 10.8. The van der Waals surface area contributed by atoms with Crippen LogP contribution in [0.5, 0.6) is 0 Å². The van der Waals surface area contributed by atoms with Crippen molar-refractivity contribution in [1.82, 2.24) is 5.32 Å². The fourth-order valence-corrected chi connectivity index (χ4v) is 11.6. The van der Waals surface area contributed by atoms with Crippen LogP contribution in [0.1, 0.15) is 50.0 Å².